The van der Waals surface area contributed by atoms with Crippen molar-refractivity contribution in [2.24, 2.45) is 0 Å². The molecule has 0 saturated carbocycles. The van der Waals surface area contributed by atoms with Gasteiger partial charge in [0.15, 0.2) is 0 Å². The second-order valence-electron chi connectivity index (χ2n) is 6.52. The van der Waals surface area contributed by atoms with E-state index in [2.05, 4.69) is 20.2 Å². The first-order valence-electron chi connectivity index (χ1n) is 8.50. The Labute approximate surface area is 155 Å². The van der Waals surface area contributed by atoms with Gasteiger partial charge in [-0.25, -0.2) is 9.97 Å². The molecule has 27 heavy (non-hydrogen) atoms. The summed E-state index contributed by atoms with van der Waals surface area (Å²) in [6.45, 7) is 4.97. The number of hydrogen-bond donors (Lipinski definition) is 1. The Morgan fingerprint density at radius 1 is 1.11 bits per heavy atom. The molecule has 3 rings (SSSR count). The molecular weight excluding hydrogens is 359 g/mol. The fraction of sp³-hybridized carbons (Fsp3) is 0.389. The van der Waals surface area contributed by atoms with Crippen molar-refractivity contribution >= 4 is 17.5 Å². The summed E-state index contributed by atoms with van der Waals surface area (Å²) < 4.78 is 38.5. The Bertz CT molecular complexity index is 832. The van der Waals surface area contributed by atoms with Crippen LogP contribution in [0.3, 0.4) is 0 Å². The Morgan fingerprint density at radius 3 is 2.48 bits per heavy atom. The number of carbonyl (C=O) groups excluding carboxylic acids is 1. The number of hydrogen-bond acceptors (Lipinski definition) is 5. The largest absolute Gasteiger partial charge is 0.416 e. The third-order valence-electron chi connectivity index (χ3n) is 4.31. The topological polar surface area (TPSA) is 61.4 Å². The van der Waals surface area contributed by atoms with E-state index in [9.17, 15) is 18.0 Å². The van der Waals surface area contributed by atoms with Gasteiger partial charge < -0.3 is 15.1 Å². The highest BCUT2D eigenvalue weighted by Gasteiger charge is 2.30. The van der Waals surface area contributed by atoms with Crippen molar-refractivity contribution in [2.45, 2.75) is 13.1 Å². The monoisotopic (exact) mass is 379 g/mol. The summed E-state index contributed by atoms with van der Waals surface area (Å²) in [6.07, 6.45) is -4.47. The maximum absolute atomic E-state index is 12.8. The molecule has 0 radical (unpaired) electrons. The lowest BCUT2D eigenvalue weighted by molar-refractivity contribution is -0.137. The van der Waals surface area contributed by atoms with Gasteiger partial charge in [0, 0.05) is 37.6 Å². The second kappa shape index (κ2) is 7.51. The van der Waals surface area contributed by atoms with Gasteiger partial charge >= 0.3 is 6.18 Å². The van der Waals surface area contributed by atoms with Crippen LogP contribution >= 0.6 is 0 Å². The van der Waals surface area contributed by atoms with Gasteiger partial charge in [-0.15, -0.1) is 0 Å². The van der Waals surface area contributed by atoms with Crippen LogP contribution in [0.25, 0.3) is 0 Å². The number of halogens is 3. The summed E-state index contributed by atoms with van der Waals surface area (Å²) in [4.78, 5) is 25.4. The number of anilines is 2. The zero-order chi connectivity index (χ0) is 19.6. The Balaban J connectivity index is 1.79. The fourth-order valence-corrected chi connectivity index (χ4v) is 2.79. The maximum atomic E-state index is 12.8. The molecule has 0 atom stereocenters. The molecule has 1 amide bonds. The van der Waals surface area contributed by atoms with Crippen LogP contribution in [0, 0.1) is 6.92 Å². The van der Waals surface area contributed by atoms with Gasteiger partial charge in [-0.05, 0) is 38.2 Å². The minimum atomic E-state index is -4.47. The molecule has 0 spiro atoms. The lowest BCUT2D eigenvalue weighted by atomic mass is 10.2. The zero-order valence-corrected chi connectivity index (χ0v) is 15.0. The summed E-state index contributed by atoms with van der Waals surface area (Å²) >= 11 is 0. The number of amides is 1. The quantitative estimate of drug-likeness (QED) is 0.889. The lowest BCUT2D eigenvalue weighted by Gasteiger charge is -2.32. The van der Waals surface area contributed by atoms with Crippen molar-refractivity contribution in [3.8, 4) is 0 Å². The van der Waals surface area contributed by atoms with Crippen molar-refractivity contribution in [2.75, 3.05) is 43.4 Å². The molecular formula is C18H20F3N5O. The maximum Gasteiger partial charge on any atom is 0.416 e. The number of nitrogens with one attached hydrogen (secondary N) is 1. The molecule has 6 nitrogen and oxygen atoms in total. The van der Waals surface area contributed by atoms with Crippen molar-refractivity contribution in [1.29, 1.82) is 0 Å². The molecule has 1 N–H and O–H groups in total. The van der Waals surface area contributed by atoms with Crippen LogP contribution < -0.4 is 10.2 Å². The van der Waals surface area contributed by atoms with Crippen LogP contribution in [0.15, 0.2) is 30.3 Å². The number of piperazine rings is 1. The number of carbonyl (C=O) groups is 1. The lowest BCUT2D eigenvalue weighted by Crippen LogP contribution is -2.45. The van der Waals surface area contributed by atoms with Crippen LogP contribution in [0.5, 0.6) is 0 Å². The second-order valence-corrected chi connectivity index (χ2v) is 6.52. The molecule has 1 fully saturated rings. The predicted octanol–water partition coefficient (Wildman–Crippen LogP) is 2.81. The Hall–Kier alpha value is -2.68. The molecule has 144 valence electrons. The number of aryl methyl sites for hydroxylation is 1. The molecule has 2 aromatic rings. The van der Waals surface area contributed by atoms with Crippen molar-refractivity contribution in [3.63, 3.8) is 0 Å². The summed E-state index contributed by atoms with van der Waals surface area (Å²) in [5, 5.41) is 2.48. The van der Waals surface area contributed by atoms with E-state index in [-0.39, 0.29) is 11.4 Å². The van der Waals surface area contributed by atoms with E-state index in [0.29, 0.717) is 11.6 Å². The summed E-state index contributed by atoms with van der Waals surface area (Å²) in [5.41, 5.74) is -0.0218. The van der Waals surface area contributed by atoms with Crippen molar-refractivity contribution in [3.05, 3.63) is 47.3 Å². The first-order chi connectivity index (χ1) is 12.7. The van der Waals surface area contributed by atoms with Crippen molar-refractivity contribution in [1.82, 2.24) is 14.9 Å². The van der Waals surface area contributed by atoms with Gasteiger partial charge in [-0.1, -0.05) is 6.07 Å². The molecule has 2 heterocycles. The third kappa shape index (κ3) is 4.73. The first kappa shape index (κ1) is 19.1. The number of likely N-dealkylation sites (N-methyl/N-ethyl adjacent to an activating group) is 1. The van der Waals surface area contributed by atoms with E-state index in [4.69, 9.17) is 0 Å². The van der Waals surface area contributed by atoms with Gasteiger partial charge in [0.05, 0.1) is 5.56 Å². The fourth-order valence-electron chi connectivity index (χ4n) is 2.79. The van der Waals surface area contributed by atoms with Crippen LogP contribution in [-0.4, -0.2) is 54.0 Å². The van der Waals surface area contributed by atoms with Crippen LogP contribution in [-0.2, 0) is 6.18 Å². The van der Waals surface area contributed by atoms with E-state index in [1.807, 2.05) is 11.9 Å². The normalized spacial score (nSPS) is 15.7. The number of aromatic nitrogens is 2. The highest BCUT2D eigenvalue weighted by atomic mass is 19.4. The standard InChI is InChI=1S/C18H20F3N5O/c1-12-10-15(24-17(22-12)26-8-6-25(2)7-9-26)16(27)23-14-5-3-4-13(11-14)18(19,20)21/h3-5,10-11H,6-9H2,1-2H3,(H,23,27). The Kier molecular flexibility index (Phi) is 5.31. The molecule has 0 aliphatic carbocycles. The number of rotatable bonds is 3. The van der Waals surface area contributed by atoms with Gasteiger partial charge in [0.25, 0.3) is 5.91 Å². The summed E-state index contributed by atoms with van der Waals surface area (Å²) in [5.74, 6) is -0.118. The minimum Gasteiger partial charge on any atom is -0.338 e. The molecule has 1 aromatic carbocycles. The number of nitrogens with zero attached hydrogens (tertiary/aromatic N) is 4. The SMILES string of the molecule is Cc1cc(C(=O)Nc2cccc(C(F)(F)F)c2)nc(N2CCN(C)CC2)n1. The van der Waals surface area contributed by atoms with E-state index in [1.54, 1.807) is 6.92 Å². The summed E-state index contributed by atoms with van der Waals surface area (Å²) in [6, 6.07) is 6.02. The van der Waals surface area contributed by atoms with Crippen LogP contribution in [0.4, 0.5) is 24.8 Å². The molecule has 0 unspecified atom stereocenters. The highest BCUT2D eigenvalue weighted by molar-refractivity contribution is 6.03. The van der Waals surface area contributed by atoms with Gasteiger partial charge in [0.1, 0.15) is 5.69 Å². The van der Waals surface area contributed by atoms with Gasteiger partial charge in [-0.3, -0.25) is 4.79 Å². The summed E-state index contributed by atoms with van der Waals surface area (Å²) in [7, 11) is 2.03. The third-order valence-corrected chi connectivity index (χ3v) is 4.31. The molecule has 9 heteroatoms. The molecule has 1 aromatic heterocycles. The molecule has 1 aliphatic heterocycles. The Morgan fingerprint density at radius 2 is 1.81 bits per heavy atom. The molecule has 1 aliphatic rings. The van der Waals surface area contributed by atoms with Crippen LogP contribution in [0.2, 0.25) is 0 Å². The zero-order valence-electron chi connectivity index (χ0n) is 15.0. The van der Waals surface area contributed by atoms with Gasteiger partial charge in [-0.2, -0.15) is 13.2 Å². The number of benzene rings is 1. The van der Waals surface area contributed by atoms with Gasteiger partial charge in [0.2, 0.25) is 5.95 Å². The average Bonchev–Trinajstić information content (AvgIpc) is 2.61. The van der Waals surface area contributed by atoms with E-state index in [0.717, 1.165) is 38.3 Å². The van der Waals surface area contributed by atoms with E-state index in [1.165, 1.54) is 18.2 Å². The van der Waals surface area contributed by atoms with Crippen LogP contribution in [0.1, 0.15) is 21.7 Å². The molecule has 0 bridgehead atoms. The van der Waals surface area contributed by atoms with E-state index >= 15 is 0 Å². The highest BCUT2D eigenvalue weighted by Crippen LogP contribution is 2.30. The van der Waals surface area contributed by atoms with Crippen molar-refractivity contribution < 1.29 is 18.0 Å². The average molecular weight is 379 g/mol. The predicted molar refractivity (Wildman–Crippen MR) is 95.9 cm³/mol. The first-order valence-corrected chi connectivity index (χ1v) is 8.50. The minimum absolute atomic E-state index is 0.0623. The number of alkyl halides is 3. The molecule has 1 saturated heterocycles. The van der Waals surface area contributed by atoms with E-state index < -0.39 is 17.6 Å². The smallest absolute Gasteiger partial charge is 0.338 e.